The lowest BCUT2D eigenvalue weighted by Gasteiger charge is -2.26. The molecule has 0 spiro atoms. The number of aromatic hydroxyl groups is 2. The van der Waals surface area contributed by atoms with Crippen LogP contribution in [0.25, 0.3) is 11.3 Å². The lowest BCUT2D eigenvalue weighted by atomic mass is 9.78. The first kappa shape index (κ1) is 37.7. The zero-order valence-corrected chi connectivity index (χ0v) is 31.7. The molecule has 4 aromatic carbocycles. The number of ether oxygens (including phenoxy) is 2. The van der Waals surface area contributed by atoms with Crippen LogP contribution in [-0.4, -0.2) is 26.6 Å². The maximum absolute atomic E-state index is 12.0. The first-order chi connectivity index (χ1) is 25.8. The zero-order valence-electron chi connectivity index (χ0n) is 31.7. The van der Waals surface area contributed by atoms with E-state index in [1.165, 1.54) is 29.6 Å². The van der Waals surface area contributed by atoms with Crippen molar-refractivity contribution < 1.29 is 29.3 Å². The number of carbonyl (C=O) groups excluding carboxylic acids is 2. The maximum atomic E-state index is 12.0. The SMILES string of the molecule is CCCC(C)CC(C)C=C(C)c1cc(O)n(-c2ccc(Oc3ccc(C(C)(C)c4ccc(Oc5ccc(N6C(=O)C=CC6=O)cc5)cc4)cc3)cc2)c1O. The first-order valence-electron chi connectivity index (χ1n) is 18.5. The Kier molecular flexibility index (Phi) is 11.1. The summed E-state index contributed by atoms with van der Waals surface area (Å²) in [6.45, 7) is 13.0. The van der Waals surface area contributed by atoms with Gasteiger partial charge in [0.1, 0.15) is 23.0 Å². The van der Waals surface area contributed by atoms with E-state index in [9.17, 15) is 19.8 Å². The molecule has 0 fully saturated rings. The second kappa shape index (κ2) is 15.9. The summed E-state index contributed by atoms with van der Waals surface area (Å²) in [5, 5.41) is 21.9. The van der Waals surface area contributed by atoms with Crippen molar-refractivity contribution in [1.29, 1.82) is 0 Å². The molecule has 2 amide bonds. The van der Waals surface area contributed by atoms with Crippen molar-refractivity contribution in [3.05, 3.63) is 138 Å². The van der Waals surface area contributed by atoms with Gasteiger partial charge in [-0.3, -0.25) is 14.2 Å². The van der Waals surface area contributed by atoms with Crippen LogP contribution in [0.5, 0.6) is 34.8 Å². The summed E-state index contributed by atoms with van der Waals surface area (Å²) in [7, 11) is 0. The Labute approximate surface area is 317 Å². The molecule has 1 aliphatic rings. The fourth-order valence-corrected chi connectivity index (χ4v) is 7.16. The molecule has 8 heteroatoms. The average Bonchev–Trinajstić information content (AvgIpc) is 3.65. The van der Waals surface area contributed by atoms with Crippen LogP contribution in [-0.2, 0) is 15.0 Å². The Morgan fingerprint density at radius 1 is 0.722 bits per heavy atom. The average molecular weight is 725 g/mol. The van der Waals surface area contributed by atoms with Crippen LogP contribution in [0.4, 0.5) is 5.69 Å². The van der Waals surface area contributed by atoms with E-state index in [0.29, 0.717) is 51.8 Å². The Hall–Kier alpha value is -6.02. The molecule has 2 heterocycles. The quantitative estimate of drug-likeness (QED) is 0.111. The molecule has 5 aromatic rings. The van der Waals surface area contributed by atoms with Crippen molar-refractivity contribution in [2.24, 2.45) is 11.8 Å². The first-order valence-corrected chi connectivity index (χ1v) is 18.5. The van der Waals surface area contributed by atoms with Gasteiger partial charge in [-0.25, -0.2) is 4.90 Å². The molecule has 1 aromatic heterocycles. The second-order valence-electron chi connectivity index (χ2n) is 14.7. The van der Waals surface area contributed by atoms with Crippen LogP contribution in [0.3, 0.4) is 0 Å². The number of allylic oxidation sites excluding steroid dienone is 2. The Balaban J connectivity index is 1.07. The highest BCUT2D eigenvalue weighted by Crippen LogP contribution is 2.38. The van der Waals surface area contributed by atoms with E-state index < -0.39 is 0 Å². The fourth-order valence-electron chi connectivity index (χ4n) is 7.16. The van der Waals surface area contributed by atoms with Gasteiger partial charge in [0.15, 0.2) is 5.88 Å². The largest absolute Gasteiger partial charge is 0.494 e. The monoisotopic (exact) mass is 724 g/mol. The number of rotatable bonds is 14. The Morgan fingerprint density at radius 3 is 1.63 bits per heavy atom. The summed E-state index contributed by atoms with van der Waals surface area (Å²) in [4.78, 5) is 25.0. The van der Waals surface area contributed by atoms with Crippen LogP contribution in [0.1, 0.15) is 77.5 Å². The number of aromatic nitrogens is 1. The number of nitrogens with zero attached hydrogens (tertiary/aromatic N) is 2. The third-order valence-corrected chi connectivity index (χ3v) is 10.1. The molecule has 6 rings (SSSR count). The van der Waals surface area contributed by atoms with Gasteiger partial charge >= 0.3 is 0 Å². The van der Waals surface area contributed by atoms with Crippen LogP contribution in [0.15, 0.2) is 121 Å². The third-order valence-electron chi connectivity index (χ3n) is 10.1. The smallest absolute Gasteiger partial charge is 0.258 e. The van der Waals surface area contributed by atoms with Crippen molar-refractivity contribution in [1.82, 2.24) is 4.57 Å². The van der Waals surface area contributed by atoms with Crippen molar-refractivity contribution in [2.75, 3.05) is 4.90 Å². The van der Waals surface area contributed by atoms with Crippen LogP contribution >= 0.6 is 0 Å². The number of hydrogen-bond donors (Lipinski definition) is 2. The highest BCUT2D eigenvalue weighted by Gasteiger charge is 2.26. The molecule has 0 saturated carbocycles. The van der Waals surface area contributed by atoms with E-state index in [2.05, 4.69) is 52.8 Å². The number of anilines is 1. The zero-order chi connectivity index (χ0) is 38.6. The van der Waals surface area contributed by atoms with Gasteiger partial charge in [-0.2, -0.15) is 0 Å². The number of amides is 2. The molecular weight excluding hydrogens is 677 g/mol. The maximum Gasteiger partial charge on any atom is 0.258 e. The molecule has 2 atom stereocenters. The van der Waals surface area contributed by atoms with Gasteiger partial charge in [-0.15, -0.1) is 0 Å². The fraction of sp³-hybridized carbons (Fsp3) is 0.261. The molecule has 0 radical (unpaired) electrons. The van der Waals surface area contributed by atoms with E-state index in [1.54, 1.807) is 30.3 Å². The Morgan fingerprint density at radius 2 is 1.17 bits per heavy atom. The van der Waals surface area contributed by atoms with Crippen molar-refractivity contribution >= 4 is 23.1 Å². The van der Waals surface area contributed by atoms with Gasteiger partial charge < -0.3 is 19.7 Å². The van der Waals surface area contributed by atoms with Gasteiger partial charge in [0.05, 0.1) is 11.4 Å². The number of hydrogen-bond acceptors (Lipinski definition) is 6. The minimum absolute atomic E-state index is 0.00381. The van der Waals surface area contributed by atoms with Crippen LogP contribution < -0.4 is 14.4 Å². The molecule has 0 saturated heterocycles. The molecule has 1 aliphatic heterocycles. The van der Waals surface area contributed by atoms with E-state index in [4.69, 9.17) is 9.47 Å². The molecule has 278 valence electrons. The van der Waals surface area contributed by atoms with Gasteiger partial charge in [0.25, 0.3) is 11.8 Å². The second-order valence-corrected chi connectivity index (χ2v) is 14.7. The lowest BCUT2D eigenvalue weighted by molar-refractivity contribution is -0.119. The topological polar surface area (TPSA) is 101 Å². The Bertz CT molecular complexity index is 2140. The van der Waals surface area contributed by atoms with Gasteiger partial charge in [0.2, 0.25) is 5.88 Å². The summed E-state index contributed by atoms with van der Waals surface area (Å²) >= 11 is 0. The molecule has 54 heavy (non-hydrogen) atoms. The van der Waals surface area contributed by atoms with Crippen molar-refractivity contribution in [3.8, 4) is 40.4 Å². The van der Waals surface area contributed by atoms with E-state index in [1.807, 2.05) is 67.6 Å². The van der Waals surface area contributed by atoms with E-state index in [0.717, 1.165) is 28.0 Å². The van der Waals surface area contributed by atoms with E-state index >= 15 is 0 Å². The summed E-state index contributed by atoms with van der Waals surface area (Å²) in [5.74, 6) is 2.83. The molecule has 0 bridgehead atoms. The number of imide groups is 1. The van der Waals surface area contributed by atoms with Crippen LogP contribution in [0, 0.1) is 11.8 Å². The molecule has 2 unspecified atom stereocenters. The predicted molar refractivity (Wildman–Crippen MR) is 214 cm³/mol. The molecule has 8 nitrogen and oxygen atoms in total. The molecular formula is C46H48N2O6. The standard InChI is InChI=1S/C46H48N2O6/c1-7-8-30(2)27-31(3)28-32(4)41-29-44(51)48(45(41)52)36-15-23-40(24-16-36)54-38-19-11-34(12-20-38)46(5,6)33-9-17-37(18-10-33)53-39-21-13-35(14-22-39)47-42(49)25-26-43(47)50/h9-26,28-31,51-52H,7-8,27H2,1-6H3. The minimum Gasteiger partial charge on any atom is -0.494 e. The third kappa shape index (κ3) is 8.28. The summed E-state index contributed by atoms with van der Waals surface area (Å²) < 4.78 is 13.6. The number of benzene rings is 4. The van der Waals surface area contributed by atoms with Gasteiger partial charge in [-0.1, -0.05) is 77.8 Å². The van der Waals surface area contributed by atoms with Gasteiger partial charge in [-0.05, 0) is 115 Å². The summed E-state index contributed by atoms with van der Waals surface area (Å²) in [6, 6.07) is 31.6. The molecule has 2 N–H and O–H groups in total. The van der Waals surface area contributed by atoms with E-state index in [-0.39, 0.29) is 29.0 Å². The summed E-state index contributed by atoms with van der Waals surface area (Å²) in [6.07, 6.45) is 8.15. The normalized spacial score (nSPS) is 14.4. The highest BCUT2D eigenvalue weighted by molar-refractivity contribution is 6.28. The predicted octanol–water partition coefficient (Wildman–Crippen LogP) is 11.1. The van der Waals surface area contributed by atoms with Crippen LogP contribution in [0.2, 0.25) is 0 Å². The van der Waals surface area contributed by atoms with Crippen molar-refractivity contribution in [3.63, 3.8) is 0 Å². The summed E-state index contributed by atoms with van der Waals surface area (Å²) in [5.41, 5.74) is 4.58. The minimum atomic E-state index is -0.359. The highest BCUT2D eigenvalue weighted by atomic mass is 16.5. The van der Waals surface area contributed by atoms with Crippen molar-refractivity contribution in [2.45, 2.75) is 66.2 Å². The lowest BCUT2D eigenvalue weighted by Crippen LogP contribution is -2.29. The number of carbonyl (C=O) groups is 2. The van der Waals surface area contributed by atoms with Gasteiger partial charge in [0, 0.05) is 29.2 Å². The molecule has 0 aliphatic carbocycles.